The van der Waals surface area contributed by atoms with E-state index in [1.54, 1.807) is 32.3 Å². The van der Waals surface area contributed by atoms with Crippen LogP contribution in [0.3, 0.4) is 0 Å². The van der Waals surface area contributed by atoms with Crippen molar-refractivity contribution in [2.45, 2.75) is 6.92 Å². The zero-order chi connectivity index (χ0) is 12.4. The first-order valence-electron chi connectivity index (χ1n) is 4.94. The van der Waals surface area contributed by atoms with Crippen LogP contribution in [-0.4, -0.2) is 25.8 Å². The highest BCUT2D eigenvalue weighted by Gasteiger charge is 2.21. The van der Waals surface area contributed by atoms with E-state index in [1.807, 2.05) is 0 Å². The van der Waals surface area contributed by atoms with Crippen LogP contribution in [0.4, 0.5) is 0 Å². The van der Waals surface area contributed by atoms with Gasteiger partial charge in [0.2, 0.25) is 5.88 Å². The van der Waals surface area contributed by atoms with Gasteiger partial charge in [-0.05, 0) is 19.1 Å². The zero-order valence-electron chi connectivity index (χ0n) is 9.41. The Kier molecular flexibility index (Phi) is 2.78. The Morgan fingerprint density at radius 1 is 1.53 bits per heavy atom. The lowest BCUT2D eigenvalue weighted by Gasteiger charge is -2.05. The average Bonchev–Trinajstić information content (AvgIpc) is 2.55. The number of carboxylic acid groups (broad SMARTS) is 1. The molecule has 0 unspecified atom stereocenters. The summed E-state index contributed by atoms with van der Waals surface area (Å²) in [4.78, 5) is 15.0. The largest absolute Gasteiger partial charge is 0.477 e. The molecule has 2 aromatic heterocycles. The molecule has 0 radical (unpaired) electrons. The van der Waals surface area contributed by atoms with Gasteiger partial charge >= 0.3 is 5.97 Å². The van der Waals surface area contributed by atoms with Crippen molar-refractivity contribution >= 4 is 5.97 Å². The first kappa shape index (κ1) is 11.1. The van der Waals surface area contributed by atoms with Gasteiger partial charge in [-0.15, -0.1) is 0 Å². The molecule has 0 spiro atoms. The maximum absolute atomic E-state index is 11.1. The summed E-state index contributed by atoms with van der Waals surface area (Å²) in [5.41, 5.74) is 0.482. The number of rotatable bonds is 3. The molecular formula is C11H11N3O3. The van der Waals surface area contributed by atoms with Gasteiger partial charge in [0.1, 0.15) is 11.3 Å². The van der Waals surface area contributed by atoms with E-state index in [9.17, 15) is 4.79 Å². The van der Waals surface area contributed by atoms with E-state index in [2.05, 4.69) is 10.1 Å². The maximum atomic E-state index is 11.1. The molecule has 88 valence electrons. The van der Waals surface area contributed by atoms with Crippen molar-refractivity contribution in [1.29, 1.82) is 0 Å². The summed E-state index contributed by atoms with van der Waals surface area (Å²) in [5, 5.41) is 13.1. The van der Waals surface area contributed by atoms with Gasteiger partial charge in [0.15, 0.2) is 0 Å². The standard InChI is InChI=1S/C11H11N3O3/c1-7-9(11(15)16)10(14(2)13-7)17-8-4-3-5-12-6-8/h3-6H,1-2H3,(H,15,16). The van der Waals surface area contributed by atoms with Gasteiger partial charge < -0.3 is 9.84 Å². The van der Waals surface area contributed by atoms with Crippen LogP contribution in [-0.2, 0) is 7.05 Å². The van der Waals surface area contributed by atoms with Crippen molar-refractivity contribution in [2.24, 2.45) is 7.05 Å². The predicted octanol–water partition coefficient (Wildman–Crippen LogP) is 1.61. The smallest absolute Gasteiger partial charge is 0.343 e. The first-order chi connectivity index (χ1) is 8.09. The minimum atomic E-state index is -1.06. The van der Waals surface area contributed by atoms with Crippen LogP contribution < -0.4 is 4.74 Å². The lowest BCUT2D eigenvalue weighted by Crippen LogP contribution is -2.01. The number of carboxylic acids is 1. The van der Waals surface area contributed by atoms with E-state index in [4.69, 9.17) is 9.84 Å². The van der Waals surface area contributed by atoms with Gasteiger partial charge in [-0.2, -0.15) is 5.10 Å². The minimum Gasteiger partial charge on any atom is -0.477 e. The van der Waals surface area contributed by atoms with E-state index < -0.39 is 5.97 Å². The van der Waals surface area contributed by atoms with Crippen LogP contribution in [0.15, 0.2) is 24.5 Å². The number of hydrogen-bond acceptors (Lipinski definition) is 4. The third kappa shape index (κ3) is 2.10. The molecule has 0 fully saturated rings. The Morgan fingerprint density at radius 2 is 2.29 bits per heavy atom. The lowest BCUT2D eigenvalue weighted by molar-refractivity contribution is 0.0693. The average molecular weight is 233 g/mol. The minimum absolute atomic E-state index is 0.0661. The highest BCUT2D eigenvalue weighted by Crippen LogP contribution is 2.26. The van der Waals surface area contributed by atoms with Gasteiger partial charge in [0, 0.05) is 13.2 Å². The number of carbonyl (C=O) groups is 1. The van der Waals surface area contributed by atoms with Crippen molar-refractivity contribution < 1.29 is 14.6 Å². The van der Waals surface area contributed by atoms with Crippen molar-refractivity contribution in [2.75, 3.05) is 0 Å². The molecule has 0 bridgehead atoms. The SMILES string of the molecule is Cc1nn(C)c(Oc2cccnc2)c1C(=O)O. The second-order valence-electron chi connectivity index (χ2n) is 3.49. The van der Waals surface area contributed by atoms with E-state index >= 15 is 0 Å². The molecule has 0 aliphatic carbocycles. The fourth-order valence-corrected chi connectivity index (χ4v) is 1.52. The molecular weight excluding hydrogens is 222 g/mol. The molecule has 0 amide bonds. The molecule has 6 nitrogen and oxygen atoms in total. The Hall–Kier alpha value is -2.37. The Labute approximate surface area is 97.5 Å². The third-order valence-electron chi connectivity index (χ3n) is 2.23. The van der Waals surface area contributed by atoms with Crippen LogP contribution in [0.5, 0.6) is 11.6 Å². The van der Waals surface area contributed by atoms with Gasteiger partial charge in [-0.25, -0.2) is 9.48 Å². The van der Waals surface area contributed by atoms with Crippen LogP contribution in [0.2, 0.25) is 0 Å². The number of nitrogens with zero attached hydrogens (tertiary/aromatic N) is 3. The quantitative estimate of drug-likeness (QED) is 0.871. The van der Waals surface area contributed by atoms with Crippen molar-refractivity contribution in [3.63, 3.8) is 0 Å². The molecule has 0 saturated carbocycles. The summed E-state index contributed by atoms with van der Waals surface area (Å²) in [6.07, 6.45) is 3.12. The maximum Gasteiger partial charge on any atom is 0.343 e. The second-order valence-corrected chi connectivity index (χ2v) is 3.49. The monoisotopic (exact) mass is 233 g/mol. The molecule has 0 saturated heterocycles. The fourth-order valence-electron chi connectivity index (χ4n) is 1.52. The second kappa shape index (κ2) is 4.25. The van der Waals surface area contributed by atoms with Crippen LogP contribution in [0, 0.1) is 6.92 Å². The lowest BCUT2D eigenvalue weighted by atomic mass is 10.2. The summed E-state index contributed by atoms with van der Waals surface area (Å²) in [6, 6.07) is 3.40. The fraction of sp³-hybridized carbons (Fsp3) is 0.182. The summed E-state index contributed by atoms with van der Waals surface area (Å²) in [6.45, 7) is 1.62. The number of pyridine rings is 1. The summed E-state index contributed by atoms with van der Waals surface area (Å²) >= 11 is 0. The van der Waals surface area contributed by atoms with Crippen LogP contribution in [0.1, 0.15) is 16.1 Å². The highest BCUT2D eigenvalue weighted by molar-refractivity contribution is 5.91. The van der Waals surface area contributed by atoms with Gasteiger partial charge in [0.05, 0.1) is 11.9 Å². The van der Waals surface area contributed by atoms with Crippen molar-refractivity contribution in [3.8, 4) is 11.6 Å². The molecule has 6 heteroatoms. The van der Waals surface area contributed by atoms with Gasteiger partial charge in [-0.3, -0.25) is 4.98 Å². The molecule has 0 aliphatic heterocycles. The summed E-state index contributed by atoms with van der Waals surface area (Å²) in [7, 11) is 1.63. The Morgan fingerprint density at radius 3 is 2.88 bits per heavy atom. The van der Waals surface area contributed by atoms with Gasteiger partial charge in [0.25, 0.3) is 0 Å². The van der Waals surface area contributed by atoms with Gasteiger partial charge in [-0.1, -0.05) is 0 Å². The Balaban J connectivity index is 2.42. The number of aromatic nitrogens is 3. The molecule has 0 aromatic carbocycles. The van der Waals surface area contributed by atoms with Crippen molar-refractivity contribution in [3.05, 3.63) is 35.8 Å². The number of ether oxygens (including phenoxy) is 1. The number of hydrogen-bond donors (Lipinski definition) is 1. The molecule has 0 atom stereocenters. The zero-order valence-corrected chi connectivity index (χ0v) is 9.41. The van der Waals surface area contributed by atoms with E-state index in [0.717, 1.165) is 0 Å². The van der Waals surface area contributed by atoms with Crippen molar-refractivity contribution in [1.82, 2.24) is 14.8 Å². The first-order valence-corrected chi connectivity index (χ1v) is 4.94. The van der Waals surface area contributed by atoms with Crippen LogP contribution in [0.25, 0.3) is 0 Å². The molecule has 2 rings (SSSR count). The summed E-state index contributed by atoms with van der Waals surface area (Å²) < 4.78 is 6.87. The topological polar surface area (TPSA) is 77.2 Å². The molecule has 1 N–H and O–H groups in total. The normalized spacial score (nSPS) is 10.2. The molecule has 2 heterocycles. The third-order valence-corrected chi connectivity index (χ3v) is 2.23. The molecule has 17 heavy (non-hydrogen) atoms. The molecule has 2 aromatic rings. The molecule has 0 aliphatic rings. The van der Waals surface area contributed by atoms with E-state index in [-0.39, 0.29) is 11.4 Å². The van der Waals surface area contributed by atoms with E-state index in [1.165, 1.54) is 10.9 Å². The number of aromatic carboxylic acids is 1. The summed E-state index contributed by atoms with van der Waals surface area (Å²) in [5.74, 6) is -0.393. The Bertz CT molecular complexity index is 549. The number of aryl methyl sites for hydroxylation is 2. The predicted molar refractivity (Wildman–Crippen MR) is 59.2 cm³/mol. The highest BCUT2D eigenvalue weighted by atomic mass is 16.5. The van der Waals surface area contributed by atoms with E-state index in [0.29, 0.717) is 11.4 Å². The van der Waals surface area contributed by atoms with Crippen LogP contribution >= 0.6 is 0 Å².